The molecule has 0 aliphatic carbocycles. The number of aromatic nitrogens is 5. The number of hydrogen-bond donors (Lipinski definition) is 11. The minimum atomic E-state index is -5.64. The van der Waals surface area contributed by atoms with Crippen molar-refractivity contribution < 1.29 is 94.5 Å². The predicted octanol–water partition coefficient (Wildman–Crippen LogP) is -4.75. The minimum Gasteiger partial charge on any atom is -0.843 e. The van der Waals surface area contributed by atoms with Gasteiger partial charge < -0.3 is 72.6 Å². The van der Waals surface area contributed by atoms with Gasteiger partial charge in [-0.2, -0.15) is 8.88 Å². The van der Waals surface area contributed by atoms with Crippen LogP contribution in [0.3, 0.4) is 0 Å². The number of ether oxygens (including phenoxy) is 2. The molecule has 0 radical (unpaired) electrons. The molecule has 3 aromatic heterocycles. The fourth-order valence-corrected chi connectivity index (χ4v) is 9.11. The van der Waals surface area contributed by atoms with Gasteiger partial charge in [0.05, 0.1) is 38.7 Å². The number of aliphatic hydroxyl groups excluding tert-OH is 2. The zero-order valence-electron chi connectivity index (χ0n) is 33.4. The first kappa shape index (κ1) is 51.0. The number of amides is 3. The molecule has 356 valence electrons. The lowest BCUT2D eigenvalue weighted by atomic mass is 10.1. The highest BCUT2D eigenvalue weighted by atomic mass is 31.3. The average molecular weight is 972 g/mol. The van der Waals surface area contributed by atoms with E-state index in [1.807, 2.05) is 0 Å². The number of phosphoric ester groups is 3. The fraction of sp³-hybridized carbons (Fsp3) is 0.581. The summed E-state index contributed by atoms with van der Waals surface area (Å²) >= 11 is 0. The normalized spacial score (nSPS) is 26.2. The number of carbonyl (C=O) groups is 3. The van der Waals surface area contributed by atoms with Crippen LogP contribution in [0, 0.1) is 0 Å². The highest BCUT2D eigenvalue weighted by molar-refractivity contribution is 7.61. The van der Waals surface area contributed by atoms with Crippen molar-refractivity contribution in [3.8, 4) is 0 Å². The molecule has 11 atom stereocenters. The molecule has 2 fully saturated rings. The van der Waals surface area contributed by atoms with Crippen molar-refractivity contribution in [3.05, 3.63) is 42.7 Å². The molecular weight excluding hydrogens is 923 g/mol. The number of rotatable bonds is 25. The third-order valence-corrected chi connectivity index (χ3v) is 12.7. The number of pyridine rings is 1. The van der Waals surface area contributed by atoms with E-state index < -0.39 is 111 Å². The highest BCUT2D eigenvalue weighted by Gasteiger charge is 2.51. The number of hydrogen-bond acceptors (Lipinski definition) is 22. The predicted molar refractivity (Wildman–Crippen MR) is 209 cm³/mol. The summed E-state index contributed by atoms with van der Waals surface area (Å²) in [6.45, 7) is -1.93. The van der Waals surface area contributed by atoms with E-state index in [2.05, 4.69) is 35.2 Å². The molecule has 0 bridgehead atoms. The number of nitrogens with one attached hydrogen (secondary N) is 3. The van der Waals surface area contributed by atoms with Gasteiger partial charge in [0.1, 0.15) is 36.3 Å². The molecule has 3 aromatic rings. The van der Waals surface area contributed by atoms with Crippen LogP contribution >= 0.6 is 23.5 Å². The molecule has 33 heteroatoms. The van der Waals surface area contributed by atoms with Gasteiger partial charge in [-0.25, -0.2) is 28.6 Å². The van der Waals surface area contributed by atoms with Gasteiger partial charge in [-0.1, -0.05) is 0 Å². The molecule has 2 aliphatic heterocycles. The van der Waals surface area contributed by atoms with Gasteiger partial charge in [-0.3, -0.25) is 37.0 Å². The molecule has 0 aromatic carbocycles. The van der Waals surface area contributed by atoms with Crippen LogP contribution in [0.5, 0.6) is 0 Å². The molecule has 14 N–H and O–H groups in total. The monoisotopic (exact) mass is 971 g/mol. The maximum Gasteiger partial charge on any atom is 0.481 e. The van der Waals surface area contributed by atoms with E-state index in [4.69, 9.17) is 44.8 Å². The highest BCUT2D eigenvalue weighted by Crippen LogP contribution is 2.61. The van der Waals surface area contributed by atoms with Crippen molar-refractivity contribution in [2.75, 3.05) is 57.9 Å². The molecule has 5 heterocycles. The van der Waals surface area contributed by atoms with Gasteiger partial charge >= 0.3 is 23.5 Å². The second kappa shape index (κ2) is 22.5. The van der Waals surface area contributed by atoms with Crippen molar-refractivity contribution in [1.82, 2.24) is 30.2 Å². The summed E-state index contributed by atoms with van der Waals surface area (Å²) in [4.78, 5) is 79.4. The molecule has 0 spiro atoms. The molecule has 30 nitrogen and oxygen atoms in total. The molecule has 0 saturated carbocycles. The Hall–Kier alpha value is -4.00. The van der Waals surface area contributed by atoms with Crippen molar-refractivity contribution in [1.29, 1.82) is 0 Å². The standard InChI is InChI=1S/C31H48N11O19P3/c32-5-8-35-20(43)3-7-37-28-22-29(39-15-38-28)42(16-40-22)31-26(60-62(49,50)55-11-4-21(44)36-9-6-33)24(46)19(59-31)14-57-64(53,54)61-63(51,52)56-13-18-23(45)25(47)30(58-18)41-10-1-2-17(12-41)27(34)48/h1-2,10,12,15-16,18-19,23-26,30-31,45-46H,3-9,11,13-14,32-33H2,(H2,34,48)(H,35,43)(H,36,44)(H,49,50)(H,51,52)(H,53,54)(H,37,38,39)/t18-,19-,23-,24-,25-,26-,30-,31-/m1/s1. The Morgan fingerprint density at radius 2 is 1.52 bits per heavy atom. The first-order valence-electron chi connectivity index (χ1n) is 19.0. The summed E-state index contributed by atoms with van der Waals surface area (Å²) < 4.78 is 76.6. The number of phosphoric acid groups is 3. The number of imidazole rings is 1. The van der Waals surface area contributed by atoms with Crippen molar-refractivity contribution in [2.45, 2.75) is 61.9 Å². The maximum atomic E-state index is 13.1. The summed E-state index contributed by atoms with van der Waals surface area (Å²) in [6.07, 6.45) is -9.71. The van der Waals surface area contributed by atoms with Gasteiger partial charge in [0.25, 0.3) is 12.1 Å². The Balaban J connectivity index is 1.26. The maximum absolute atomic E-state index is 13.1. The lowest BCUT2D eigenvalue weighted by molar-refractivity contribution is -0.782. The summed E-state index contributed by atoms with van der Waals surface area (Å²) in [5.41, 5.74) is 16.1. The lowest BCUT2D eigenvalue weighted by Gasteiger charge is -2.24. The van der Waals surface area contributed by atoms with Crippen LogP contribution in [0.1, 0.15) is 35.7 Å². The van der Waals surface area contributed by atoms with Gasteiger partial charge in [0.2, 0.25) is 11.8 Å². The van der Waals surface area contributed by atoms with E-state index in [1.54, 1.807) is 0 Å². The van der Waals surface area contributed by atoms with E-state index >= 15 is 0 Å². The molecular formula is C31H48N11O19P3. The number of fused-ring (bicyclic) bond motifs is 1. The molecule has 3 amide bonds. The third kappa shape index (κ3) is 13.8. The summed E-state index contributed by atoms with van der Waals surface area (Å²) in [5, 5.41) is 42.5. The molecule has 64 heavy (non-hydrogen) atoms. The van der Waals surface area contributed by atoms with Gasteiger partial charge in [-0.15, -0.1) is 0 Å². The van der Waals surface area contributed by atoms with Crippen molar-refractivity contribution in [3.63, 3.8) is 0 Å². The van der Waals surface area contributed by atoms with Crippen LogP contribution in [-0.2, 0) is 55.2 Å². The van der Waals surface area contributed by atoms with Crippen LogP contribution in [0.25, 0.3) is 11.2 Å². The van der Waals surface area contributed by atoms with Gasteiger partial charge in [0.15, 0.2) is 35.6 Å². The zero-order valence-corrected chi connectivity index (χ0v) is 36.1. The summed E-state index contributed by atoms with van der Waals surface area (Å²) in [6, 6.07) is 2.73. The molecule has 2 saturated heterocycles. The Bertz CT molecular complexity index is 2240. The number of aliphatic hydroxyl groups is 2. The van der Waals surface area contributed by atoms with Crippen LogP contribution < -0.4 is 42.8 Å². The third-order valence-electron chi connectivity index (χ3n) is 9.09. The van der Waals surface area contributed by atoms with Crippen LogP contribution in [-0.4, -0.2) is 151 Å². The molecule has 3 unspecified atom stereocenters. The summed E-state index contributed by atoms with van der Waals surface area (Å²) in [5.74, 6) is -1.55. The minimum absolute atomic E-state index is 0.000976. The second-order valence-electron chi connectivity index (χ2n) is 13.7. The zero-order chi connectivity index (χ0) is 46.8. The number of nitrogens with two attached hydrogens (primary N) is 3. The fourth-order valence-electron chi connectivity index (χ4n) is 6.10. The first-order valence-corrected chi connectivity index (χ1v) is 23.5. The molecule has 5 rings (SSSR count). The van der Waals surface area contributed by atoms with Crippen molar-refractivity contribution >= 4 is 58.2 Å². The SMILES string of the molecule is NCCNC(=O)CCNc1ncnc2c1ncn2[C@@H]1O[C@H](COP(=O)(O)OP(=O)(O)OC[C@H]2O[C@@H]([n+]3cccc(C(N)=O)c3)[C@H]([O-])[C@@H]2O)[C@@H](O)[C@H]1OP(=O)(O)OCCC(=O)NCCN. The Morgan fingerprint density at radius 1 is 0.875 bits per heavy atom. The van der Waals surface area contributed by atoms with E-state index in [1.165, 1.54) is 24.5 Å². The topological polar surface area (TPSA) is 453 Å². The molecule has 2 aliphatic rings. The van der Waals surface area contributed by atoms with Crippen molar-refractivity contribution in [2.24, 2.45) is 17.2 Å². The van der Waals surface area contributed by atoms with Gasteiger partial charge in [0, 0.05) is 45.2 Å². The second-order valence-corrected chi connectivity index (χ2v) is 18.2. The number of anilines is 1. The Labute approximate surface area is 362 Å². The van der Waals surface area contributed by atoms with Crippen LogP contribution in [0.4, 0.5) is 5.82 Å². The average Bonchev–Trinajstić information content (AvgIpc) is 3.89. The quantitative estimate of drug-likeness (QED) is 0.0280. The Kier molecular flexibility index (Phi) is 17.9. The van der Waals surface area contributed by atoms with Crippen LogP contribution in [0.2, 0.25) is 0 Å². The van der Waals surface area contributed by atoms with Gasteiger partial charge in [-0.05, 0) is 12.2 Å². The smallest absolute Gasteiger partial charge is 0.481 e. The van der Waals surface area contributed by atoms with E-state index in [0.717, 1.165) is 21.8 Å². The first-order chi connectivity index (χ1) is 30.2. The number of primary amides is 1. The number of carbonyl (C=O) groups excluding carboxylic acids is 3. The lowest BCUT2D eigenvalue weighted by Crippen LogP contribution is -2.52. The van der Waals surface area contributed by atoms with Crippen LogP contribution in [0.15, 0.2) is 37.2 Å². The van der Waals surface area contributed by atoms with E-state index in [-0.39, 0.29) is 67.6 Å². The summed E-state index contributed by atoms with van der Waals surface area (Å²) in [7, 11) is -16.4. The number of nitrogens with zero attached hydrogens (tertiary/aromatic N) is 5. The largest absolute Gasteiger partial charge is 0.843 e. The van der Waals surface area contributed by atoms with E-state index in [9.17, 15) is 58.1 Å². The Morgan fingerprint density at radius 3 is 2.16 bits per heavy atom. The van der Waals surface area contributed by atoms with E-state index in [0.29, 0.717) is 0 Å².